The molecule has 1 aromatic carbocycles. The van der Waals surface area contributed by atoms with Crippen molar-refractivity contribution in [3.63, 3.8) is 0 Å². The molecule has 2 N–H and O–H groups in total. The Balaban J connectivity index is 1.63. The Morgan fingerprint density at radius 1 is 1.14 bits per heavy atom. The first-order valence-corrected chi connectivity index (χ1v) is 7.15. The molecule has 22 heavy (non-hydrogen) atoms. The number of fused-ring (bicyclic) bond motifs is 1. The van der Waals surface area contributed by atoms with Crippen molar-refractivity contribution in [2.45, 2.75) is 19.8 Å². The predicted molar refractivity (Wildman–Crippen MR) is 80.0 cm³/mol. The molecule has 1 aromatic heterocycles. The molecule has 0 atom stereocenters. The first-order valence-electron chi connectivity index (χ1n) is 7.15. The van der Waals surface area contributed by atoms with Gasteiger partial charge in [0.05, 0.1) is 0 Å². The number of benzene rings is 1. The van der Waals surface area contributed by atoms with E-state index in [1.54, 1.807) is 0 Å². The summed E-state index contributed by atoms with van der Waals surface area (Å²) in [6.45, 7) is 2.65. The van der Waals surface area contributed by atoms with Gasteiger partial charge in [-0.2, -0.15) is 0 Å². The Labute approximate surface area is 127 Å². The van der Waals surface area contributed by atoms with Crippen molar-refractivity contribution < 1.29 is 19.1 Å². The second-order valence-electron chi connectivity index (χ2n) is 6.08. The van der Waals surface area contributed by atoms with Crippen LogP contribution in [0.1, 0.15) is 39.2 Å². The molecule has 5 nitrogen and oxygen atoms in total. The molecule has 114 valence electrons. The lowest BCUT2D eigenvalue weighted by Crippen LogP contribution is -2.36. The van der Waals surface area contributed by atoms with E-state index in [1.807, 2.05) is 12.1 Å². The molecular weight excluding hydrogens is 282 g/mol. The summed E-state index contributed by atoms with van der Waals surface area (Å²) in [6.07, 6.45) is 1.84. The Kier molecular flexibility index (Phi) is 3.48. The molecule has 5 heteroatoms. The van der Waals surface area contributed by atoms with E-state index in [2.05, 4.69) is 24.4 Å². The normalized spacial score (nSPS) is 15.3. The maximum Gasteiger partial charge on any atom is 0.371 e. The summed E-state index contributed by atoms with van der Waals surface area (Å²) in [4.78, 5) is 22.8. The minimum atomic E-state index is -1.18. The molecule has 1 heterocycles. The van der Waals surface area contributed by atoms with Crippen molar-refractivity contribution in [3.05, 3.63) is 59.0 Å². The Morgan fingerprint density at radius 2 is 1.73 bits per heavy atom. The van der Waals surface area contributed by atoms with Crippen molar-refractivity contribution in [1.29, 1.82) is 0 Å². The van der Waals surface area contributed by atoms with Crippen LogP contribution in [0.25, 0.3) is 0 Å². The molecule has 0 spiro atoms. The van der Waals surface area contributed by atoms with E-state index in [-0.39, 0.29) is 22.8 Å². The van der Waals surface area contributed by atoms with E-state index in [0.29, 0.717) is 6.54 Å². The summed E-state index contributed by atoms with van der Waals surface area (Å²) in [5.74, 6) is -1.77. The van der Waals surface area contributed by atoms with Crippen LogP contribution >= 0.6 is 0 Å². The van der Waals surface area contributed by atoms with Gasteiger partial charge in [0.2, 0.25) is 5.76 Å². The highest BCUT2D eigenvalue weighted by Gasteiger charge is 2.33. The van der Waals surface area contributed by atoms with E-state index in [1.165, 1.54) is 23.3 Å². The van der Waals surface area contributed by atoms with E-state index in [9.17, 15) is 9.59 Å². The number of hydrogen-bond acceptors (Lipinski definition) is 3. The molecule has 2 aromatic rings. The lowest BCUT2D eigenvalue weighted by Gasteiger charge is -2.23. The fraction of sp³-hybridized carbons (Fsp3) is 0.294. The van der Waals surface area contributed by atoms with Gasteiger partial charge in [0.15, 0.2) is 5.76 Å². The van der Waals surface area contributed by atoms with Gasteiger partial charge >= 0.3 is 5.97 Å². The average Bonchev–Trinajstić information content (AvgIpc) is 3.08. The summed E-state index contributed by atoms with van der Waals surface area (Å²) >= 11 is 0. The molecule has 1 aliphatic rings. The minimum Gasteiger partial charge on any atom is -0.475 e. The minimum absolute atomic E-state index is 0.0245. The van der Waals surface area contributed by atoms with Crippen LogP contribution in [-0.4, -0.2) is 23.5 Å². The maximum absolute atomic E-state index is 12.1. The number of carboxylic acids is 1. The number of carbonyl (C=O) groups excluding carboxylic acids is 1. The van der Waals surface area contributed by atoms with Crippen molar-refractivity contribution in [2.24, 2.45) is 5.41 Å². The standard InChI is InChI=1S/C17H17NO4/c1-17(8-11-4-2-3-5-12(11)9-17)10-18-15(19)13-6-7-14(22-13)16(20)21/h2-7H,8-10H2,1H3,(H,18,19)(H,20,21). The zero-order valence-corrected chi connectivity index (χ0v) is 12.3. The molecule has 3 rings (SSSR count). The lowest BCUT2D eigenvalue weighted by atomic mass is 9.87. The first-order chi connectivity index (χ1) is 10.5. The van der Waals surface area contributed by atoms with Crippen molar-refractivity contribution in [1.82, 2.24) is 5.32 Å². The van der Waals surface area contributed by atoms with Gasteiger partial charge in [-0.25, -0.2) is 4.79 Å². The SMILES string of the molecule is CC1(CNC(=O)c2ccc(C(=O)O)o2)Cc2ccccc2C1. The molecule has 0 saturated heterocycles. The number of rotatable bonds is 4. The average molecular weight is 299 g/mol. The van der Waals surface area contributed by atoms with Crippen LogP contribution in [-0.2, 0) is 12.8 Å². The zero-order valence-electron chi connectivity index (χ0n) is 12.3. The van der Waals surface area contributed by atoms with Gasteiger partial charge in [0.25, 0.3) is 5.91 Å². The summed E-state index contributed by atoms with van der Waals surface area (Å²) in [6, 6.07) is 11.0. The van der Waals surface area contributed by atoms with Crippen molar-refractivity contribution in [3.8, 4) is 0 Å². The van der Waals surface area contributed by atoms with Crippen LogP contribution < -0.4 is 5.32 Å². The second-order valence-corrected chi connectivity index (χ2v) is 6.08. The van der Waals surface area contributed by atoms with E-state index in [4.69, 9.17) is 9.52 Å². The summed E-state index contributed by atoms with van der Waals surface area (Å²) in [5, 5.41) is 11.6. The molecule has 1 aliphatic carbocycles. The second kappa shape index (κ2) is 5.33. The number of nitrogens with one attached hydrogen (secondary N) is 1. The number of aromatic carboxylic acids is 1. The number of amides is 1. The molecule has 0 unspecified atom stereocenters. The smallest absolute Gasteiger partial charge is 0.371 e. The molecule has 0 bridgehead atoms. The first kappa shape index (κ1) is 14.4. The van der Waals surface area contributed by atoms with Gasteiger partial charge in [-0.3, -0.25) is 4.79 Å². The highest BCUT2D eigenvalue weighted by atomic mass is 16.4. The van der Waals surface area contributed by atoms with Crippen molar-refractivity contribution >= 4 is 11.9 Å². The van der Waals surface area contributed by atoms with Gasteiger partial charge in [0, 0.05) is 6.54 Å². The van der Waals surface area contributed by atoms with Gasteiger partial charge in [0.1, 0.15) is 0 Å². The van der Waals surface area contributed by atoms with Crippen LogP contribution in [0.2, 0.25) is 0 Å². The zero-order chi connectivity index (χ0) is 15.7. The molecule has 0 fully saturated rings. The van der Waals surface area contributed by atoms with Gasteiger partial charge in [-0.05, 0) is 41.5 Å². The number of furan rings is 1. The number of carbonyl (C=O) groups is 2. The number of carboxylic acid groups (broad SMARTS) is 1. The maximum atomic E-state index is 12.1. The van der Waals surface area contributed by atoms with Gasteiger partial charge in [-0.15, -0.1) is 0 Å². The van der Waals surface area contributed by atoms with Crippen LogP contribution in [0.5, 0.6) is 0 Å². The van der Waals surface area contributed by atoms with Crippen LogP contribution in [0.4, 0.5) is 0 Å². The third kappa shape index (κ3) is 2.74. The monoisotopic (exact) mass is 299 g/mol. The van der Waals surface area contributed by atoms with Crippen molar-refractivity contribution in [2.75, 3.05) is 6.54 Å². The van der Waals surface area contributed by atoms with Gasteiger partial charge in [-0.1, -0.05) is 31.2 Å². The van der Waals surface area contributed by atoms with Crippen LogP contribution in [0, 0.1) is 5.41 Å². The highest BCUT2D eigenvalue weighted by Crippen LogP contribution is 2.35. The molecular formula is C17H17NO4. The third-order valence-electron chi connectivity index (χ3n) is 4.07. The Bertz CT molecular complexity index is 707. The lowest BCUT2D eigenvalue weighted by molar-refractivity contribution is 0.0659. The van der Waals surface area contributed by atoms with Gasteiger partial charge < -0.3 is 14.8 Å². The quantitative estimate of drug-likeness (QED) is 0.909. The largest absolute Gasteiger partial charge is 0.475 e. The fourth-order valence-corrected chi connectivity index (χ4v) is 2.97. The summed E-state index contributed by atoms with van der Waals surface area (Å²) < 4.78 is 5.01. The number of hydrogen-bond donors (Lipinski definition) is 2. The van der Waals surface area contributed by atoms with E-state index >= 15 is 0 Å². The highest BCUT2D eigenvalue weighted by molar-refractivity contribution is 5.93. The molecule has 1 amide bonds. The third-order valence-corrected chi connectivity index (χ3v) is 4.07. The summed E-state index contributed by atoms with van der Waals surface area (Å²) in [5.41, 5.74) is 2.62. The Morgan fingerprint density at radius 3 is 2.27 bits per heavy atom. The molecule has 0 saturated carbocycles. The molecule has 0 aliphatic heterocycles. The van der Waals surface area contributed by atoms with E-state index in [0.717, 1.165) is 12.8 Å². The van der Waals surface area contributed by atoms with Crippen LogP contribution in [0.15, 0.2) is 40.8 Å². The van der Waals surface area contributed by atoms with E-state index < -0.39 is 5.97 Å². The van der Waals surface area contributed by atoms with Crippen LogP contribution in [0.3, 0.4) is 0 Å². The fourth-order valence-electron chi connectivity index (χ4n) is 2.97. The molecule has 0 radical (unpaired) electrons. The topological polar surface area (TPSA) is 79.5 Å². The predicted octanol–water partition coefficient (Wildman–Crippen LogP) is 2.51. The summed E-state index contributed by atoms with van der Waals surface area (Å²) in [7, 11) is 0. The Hall–Kier alpha value is -2.56.